The van der Waals surface area contributed by atoms with E-state index in [1.807, 2.05) is 0 Å². The van der Waals surface area contributed by atoms with Crippen LogP contribution < -0.4 is 5.32 Å². The molecule has 0 unspecified atom stereocenters. The molecule has 2 rings (SSSR count). The molecule has 0 aromatic carbocycles. The number of nitrogens with one attached hydrogen (secondary N) is 2. The first-order valence-electron chi connectivity index (χ1n) is 7.88. The van der Waals surface area contributed by atoms with Crippen LogP contribution in [0.15, 0.2) is 12.4 Å². The van der Waals surface area contributed by atoms with Crippen LogP contribution in [0.3, 0.4) is 0 Å². The van der Waals surface area contributed by atoms with Crippen LogP contribution in [0.1, 0.15) is 32.0 Å². The number of H-pyrrole nitrogens is 1. The molecule has 118 valence electrons. The van der Waals surface area contributed by atoms with Gasteiger partial charge in [-0.3, -0.25) is 0 Å². The van der Waals surface area contributed by atoms with Crippen LogP contribution in [0.25, 0.3) is 0 Å². The number of hydrogen-bond acceptors (Lipinski definition) is 3. The molecule has 0 saturated carbocycles. The number of aromatic amines is 1. The highest BCUT2D eigenvalue weighted by Gasteiger charge is 2.17. The Bertz CT molecular complexity index is 412. The minimum Gasteiger partial charge on any atom is -0.347 e. The Labute approximate surface area is 126 Å². The number of carbonyl (C=O) groups is 1. The van der Waals surface area contributed by atoms with Gasteiger partial charge in [0.25, 0.3) is 0 Å². The predicted molar refractivity (Wildman–Crippen MR) is 82.9 cm³/mol. The molecule has 0 spiro atoms. The first-order chi connectivity index (χ1) is 10.2. The van der Waals surface area contributed by atoms with Crippen molar-refractivity contribution in [3.05, 3.63) is 18.2 Å². The lowest BCUT2D eigenvalue weighted by Crippen LogP contribution is -2.43. The van der Waals surface area contributed by atoms with Crippen molar-refractivity contribution in [1.82, 2.24) is 25.1 Å². The summed E-state index contributed by atoms with van der Waals surface area (Å²) >= 11 is 0. The number of aromatic nitrogens is 2. The summed E-state index contributed by atoms with van der Waals surface area (Å²) in [5.41, 5.74) is 0. The number of likely N-dealkylation sites (tertiary alicyclic amines) is 1. The van der Waals surface area contributed by atoms with Crippen LogP contribution >= 0.6 is 0 Å². The molecule has 0 aliphatic carbocycles. The summed E-state index contributed by atoms with van der Waals surface area (Å²) in [5.74, 6) is 1.70. The third-order valence-electron chi connectivity index (χ3n) is 4.28. The van der Waals surface area contributed by atoms with Crippen LogP contribution in [-0.4, -0.2) is 59.0 Å². The Balaban J connectivity index is 1.61. The minimum absolute atomic E-state index is 0.0464. The smallest absolute Gasteiger partial charge is 0.317 e. The zero-order valence-electron chi connectivity index (χ0n) is 13.1. The van der Waals surface area contributed by atoms with E-state index in [-0.39, 0.29) is 6.03 Å². The molecule has 1 fully saturated rings. The number of amides is 2. The van der Waals surface area contributed by atoms with Gasteiger partial charge in [-0.2, -0.15) is 0 Å². The summed E-state index contributed by atoms with van der Waals surface area (Å²) in [6, 6.07) is -0.0464. The van der Waals surface area contributed by atoms with Gasteiger partial charge in [-0.25, -0.2) is 9.78 Å². The molecular weight excluding hydrogens is 266 g/mol. The van der Waals surface area contributed by atoms with Gasteiger partial charge in [0.05, 0.1) is 6.54 Å². The number of imidazole rings is 1. The van der Waals surface area contributed by atoms with Gasteiger partial charge in [-0.15, -0.1) is 0 Å². The molecule has 1 aromatic rings. The predicted octanol–water partition coefficient (Wildman–Crippen LogP) is 1.67. The number of urea groups is 1. The second-order valence-electron chi connectivity index (χ2n) is 5.82. The van der Waals surface area contributed by atoms with Crippen molar-refractivity contribution >= 4 is 6.03 Å². The quantitative estimate of drug-likeness (QED) is 0.838. The third-order valence-corrected chi connectivity index (χ3v) is 4.28. The lowest BCUT2D eigenvalue weighted by molar-refractivity contribution is 0.177. The molecular formula is C15H27N5O. The lowest BCUT2D eigenvalue weighted by atomic mass is 9.94. The molecule has 21 heavy (non-hydrogen) atoms. The van der Waals surface area contributed by atoms with Crippen LogP contribution in [0, 0.1) is 5.92 Å². The van der Waals surface area contributed by atoms with Crippen molar-refractivity contribution in [3.8, 4) is 0 Å². The Morgan fingerprint density at radius 3 is 2.90 bits per heavy atom. The fourth-order valence-electron chi connectivity index (χ4n) is 2.76. The molecule has 2 heterocycles. The van der Waals surface area contributed by atoms with Crippen molar-refractivity contribution in [3.63, 3.8) is 0 Å². The van der Waals surface area contributed by atoms with Crippen molar-refractivity contribution in [1.29, 1.82) is 0 Å². The molecule has 0 atom stereocenters. The summed E-state index contributed by atoms with van der Waals surface area (Å²) in [6.07, 6.45) is 7.34. The molecule has 1 aliphatic rings. The number of hydrogen-bond donors (Lipinski definition) is 2. The molecule has 0 bridgehead atoms. The van der Waals surface area contributed by atoms with E-state index in [1.54, 1.807) is 24.3 Å². The second-order valence-corrected chi connectivity index (χ2v) is 5.82. The zero-order valence-corrected chi connectivity index (χ0v) is 13.1. The van der Waals surface area contributed by atoms with Gasteiger partial charge in [-0.1, -0.05) is 13.3 Å². The SMILES string of the molecule is CCC1CCN(CCNC(=O)N(C)Cc2ncc[nH]2)CC1. The lowest BCUT2D eigenvalue weighted by Gasteiger charge is -2.31. The van der Waals surface area contributed by atoms with Gasteiger partial charge in [0.2, 0.25) is 0 Å². The summed E-state index contributed by atoms with van der Waals surface area (Å²) in [5, 5.41) is 2.97. The average Bonchev–Trinajstić information content (AvgIpc) is 3.00. The largest absolute Gasteiger partial charge is 0.347 e. The standard InChI is InChI=1S/C15H27N5O/c1-3-13-4-9-20(10-5-13)11-8-18-15(21)19(2)12-14-16-6-7-17-14/h6-7,13H,3-5,8-12H2,1-2H3,(H,16,17)(H,18,21). The fourth-order valence-corrected chi connectivity index (χ4v) is 2.76. The maximum Gasteiger partial charge on any atom is 0.317 e. The molecule has 0 radical (unpaired) electrons. The first kappa shape index (κ1) is 15.8. The topological polar surface area (TPSA) is 64.3 Å². The molecule has 1 saturated heterocycles. The molecule has 6 heteroatoms. The monoisotopic (exact) mass is 293 g/mol. The first-order valence-corrected chi connectivity index (χ1v) is 7.88. The van der Waals surface area contributed by atoms with Crippen LogP contribution in [0.4, 0.5) is 4.79 Å². The molecule has 2 N–H and O–H groups in total. The van der Waals surface area contributed by atoms with E-state index in [0.717, 1.165) is 31.4 Å². The highest BCUT2D eigenvalue weighted by molar-refractivity contribution is 5.73. The summed E-state index contributed by atoms with van der Waals surface area (Å²) in [6.45, 7) is 6.75. The van der Waals surface area contributed by atoms with Gasteiger partial charge in [0, 0.05) is 32.5 Å². The molecule has 6 nitrogen and oxygen atoms in total. The Hall–Kier alpha value is -1.56. The van der Waals surface area contributed by atoms with E-state index in [1.165, 1.54) is 19.3 Å². The zero-order chi connectivity index (χ0) is 15.1. The second kappa shape index (κ2) is 8.02. The number of carbonyl (C=O) groups excluding carboxylic acids is 1. The summed E-state index contributed by atoms with van der Waals surface area (Å²) in [4.78, 5) is 23.2. The Morgan fingerprint density at radius 1 is 1.52 bits per heavy atom. The number of rotatable bonds is 6. The Morgan fingerprint density at radius 2 is 2.29 bits per heavy atom. The van der Waals surface area contributed by atoms with Crippen molar-refractivity contribution in [2.24, 2.45) is 5.92 Å². The summed E-state index contributed by atoms with van der Waals surface area (Å²) in [7, 11) is 1.78. The van der Waals surface area contributed by atoms with E-state index >= 15 is 0 Å². The number of nitrogens with zero attached hydrogens (tertiary/aromatic N) is 3. The minimum atomic E-state index is -0.0464. The average molecular weight is 293 g/mol. The van der Waals surface area contributed by atoms with E-state index < -0.39 is 0 Å². The van der Waals surface area contributed by atoms with Gasteiger partial charge < -0.3 is 20.1 Å². The van der Waals surface area contributed by atoms with E-state index in [4.69, 9.17) is 0 Å². The van der Waals surface area contributed by atoms with Crippen molar-refractivity contribution < 1.29 is 4.79 Å². The highest BCUT2D eigenvalue weighted by Crippen LogP contribution is 2.19. The van der Waals surface area contributed by atoms with Crippen LogP contribution in [0.5, 0.6) is 0 Å². The number of piperidine rings is 1. The van der Waals surface area contributed by atoms with Crippen molar-refractivity contribution in [2.75, 3.05) is 33.2 Å². The van der Waals surface area contributed by atoms with Gasteiger partial charge in [-0.05, 0) is 31.8 Å². The van der Waals surface area contributed by atoms with Gasteiger partial charge in [0.1, 0.15) is 5.82 Å². The maximum absolute atomic E-state index is 12.0. The third kappa shape index (κ3) is 5.04. The van der Waals surface area contributed by atoms with Gasteiger partial charge in [0.15, 0.2) is 0 Å². The van der Waals surface area contributed by atoms with E-state index in [9.17, 15) is 4.79 Å². The van der Waals surface area contributed by atoms with E-state index in [0.29, 0.717) is 13.1 Å². The maximum atomic E-state index is 12.0. The summed E-state index contributed by atoms with van der Waals surface area (Å²) < 4.78 is 0. The van der Waals surface area contributed by atoms with Crippen LogP contribution in [-0.2, 0) is 6.54 Å². The highest BCUT2D eigenvalue weighted by atomic mass is 16.2. The van der Waals surface area contributed by atoms with Crippen LogP contribution in [0.2, 0.25) is 0 Å². The van der Waals surface area contributed by atoms with Crippen molar-refractivity contribution in [2.45, 2.75) is 32.7 Å². The Kier molecular flexibility index (Phi) is 6.04. The van der Waals surface area contributed by atoms with Gasteiger partial charge >= 0.3 is 6.03 Å². The van der Waals surface area contributed by atoms with E-state index in [2.05, 4.69) is 27.1 Å². The molecule has 1 aliphatic heterocycles. The molecule has 2 amide bonds. The normalized spacial score (nSPS) is 16.9. The fraction of sp³-hybridized carbons (Fsp3) is 0.733. The molecule has 1 aromatic heterocycles.